The highest BCUT2D eigenvalue weighted by Crippen LogP contribution is 2.48. The molecule has 2 aromatic carbocycles. The summed E-state index contributed by atoms with van der Waals surface area (Å²) >= 11 is 5.64. The molecule has 4 unspecified atom stereocenters. The van der Waals surface area contributed by atoms with Crippen molar-refractivity contribution >= 4 is 17.6 Å². The zero-order valence-electron chi connectivity index (χ0n) is 17.6. The van der Waals surface area contributed by atoms with Crippen LogP contribution in [0.2, 0.25) is 5.02 Å². The minimum Gasteiger partial charge on any atom is -0.423 e. The largest absolute Gasteiger partial charge is 0.423 e. The van der Waals surface area contributed by atoms with E-state index in [1.165, 1.54) is 37.5 Å². The lowest BCUT2D eigenvalue weighted by Gasteiger charge is -2.41. The topological polar surface area (TPSA) is 26.3 Å². The molecule has 4 rings (SSSR count). The van der Waals surface area contributed by atoms with Gasteiger partial charge in [-0.05, 0) is 98.9 Å². The molecule has 2 fully saturated rings. The molecule has 0 amide bonds. The Bertz CT molecular complexity index is 987. The van der Waals surface area contributed by atoms with Gasteiger partial charge >= 0.3 is 5.97 Å². The van der Waals surface area contributed by atoms with Crippen LogP contribution in [0, 0.1) is 29.4 Å². The molecule has 0 heterocycles. The summed E-state index contributed by atoms with van der Waals surface area (Å²) in [5, 5.41) is -0.0553. The molecule has 0 N–H and O–H groups in total. The van der Waals surface area contributed by atoms with E-state index in [2.05, 4.69) is 19.1 Å². The lowest BCUT2D eigenvalue weighted by molar-refractivity contribution is 0.0733. The van der Waals surface area contributed by atoms with E-state index in [0.29, 0.717) is 17.4 Å². The number of carbonyl (C=O) groups excluding carboxylic acids is 1. The Kier molecular flexibility index (Phi) is 6.76. The van der Waals surface area contributed by atoms with E-state index >= 15 is 0 Å². The Balaban J connectivity index is 1.42. The standard InChI is InChI=1S/C26H27ClF2O2/c1-2-3-16-4-5-18-13-19(7-6-17(18)12-16)22-10-8-20(14-24(22)28)26(30)31-21-9-11-23(27)25(29)15-21/h2-3,8-11,14-19H,4-7,12-13H2,1H3/b3-2+. The Hall–Kier alpha value is -2.20. The fourth-order valence-electron chi connectivity index (χ4n) is 5.35. The number of benzene rings is 2. The van der Waals surface area contributed by atoms with Crippen LogP contribution in [0.1, 0.15) is 67.3 Å². The van der Waals surface area contributed by atoms with Crippen molar-refractivity contribution in [2.24, 2.45) is 17.8 Å². The van der Waals surface area contributed by atoms with Crippen LogP contribution in [0.4, 0.5) is 8.78 Å². The molecule has 0 radical (unpaired) electrons. The smallest absolute Gasteiger partial charge is 0.343 e. The summed E-state index contributed by atoms with van der Waals surface area (Å²) in [6, 6.07) is 8.29. The Morgan fingerprint density at radius 2 is 1.77 bits per heavy atom. The number of fused-ring (bicyclic) bond motifs is 1. The van der Waals surface area contributed by atoms with Gasteiger partial charge in [-0.25, -0.2) is 13.6 Å². The summed E-state index contributed by atoms with van der Waals surface area (Å²) in [6.45, 7) is 2.08. The molecule has 0 saturated heterocycles. The molecule has 0 bridgehead atoms. The highest BCUT2D eigenvalue weighted by molar-refractivity contribution is 6.30. The number of carbonyl (C=O) groups is 1. The van der Waals surface area contributed by atoms with Gasteiger partial charge in [-0.15, -0.1) is 0 Å². The van der Waals surface area contributed by atoms with Crippen molar-refractivity contribution in [2.45, 2.75) is 51.4 Å². The summed E-state index contributed by atoms with van der Waals surface area (Å²) in [4.78, 5) is 12.4. The third-order valence-electron chi connectivity index (χ3n) is 6.90. The Morgan fingerprint density at radius 3 is 2.52 bits per heavy atom. The average molecular weight is 445 g/mol. The summed E-state index contributed by atoms with van der Waals surface area (Å²) in [6.07, 6.45) is 11.3. The highest BCUT2D eigenvalue weighted by atomic mass is 35.5. The van der Waals surface area contributed by atoms with Crippen molar-refractivity contribution in [2.75, 3.05) is 0 Å². The molecule has 2 saturated carbocycles. The predicted octanol–water partition coefficient (Wildman–Crippen LogP) is 7.71. The monoisotopic (exact) mass is 444 g/mol. The van der Waals surface area contributed by atoms with E-state index in [9.17, 15) is 13.6 Å². The number of halogens is 3. The number of esters is 1. The van der Waals surface area contributed by atoms with Crippen LogP contribution in [0.3, 0.4) is 0 Å². The van der Waals surface area contributed by atoms with Crippen molar-refractivity contribution in [1.29, 1.82) is 0 Å². The zero-order chi connectivity index (χ0) is 22.0. The predicted molar refractivity (Wildman–Crippen MR) is 118 cm³/mol. The summed E-state index contributed by atoms with van der Waals surface area (Å²) in [7, 11) is 0. The van der Waals surface area contributed by atoms with Gasteiger partial charge in [0, 0.05) is 6.07 Å². The molecular formula is C26H27ClF2O2. The van der Waals surface area contributed by atoms with Gasteiger partial charge in [0.2, 0.25) is 0 Å². The van der Waals surface area contributed by atoms with Gasteiger partial charge in [-0.2, -0.15) is 0 Å². The second-order valence-corrected chi connectivity index (χ2v) is 9.24. The quantitative estimate of drug-likeness (QED) is 0.274. The van der Waals surface area contributed by atoms with Crippen LogP contribution in [-0.4, -0.2) is 5.97 Å². The molecular weight excluding hydrogens is 418 g/mol. The van der Waals surface area contributed by atoms with Crippen LogP contribution in [0.15, 0.2) is 48.6 Å². The van der Waals surface area contributed by atoms with E-state index in [1.807, 2.05) is 0 Å². The SMILES string of the molecule is C/C=C/C1CCC2CC(c3ccc(C(=O)Oc4ccc(Cl)c(F)c4)cc3F)CCC2C1. The minimum absolute atomic E-state index is 0.0308. The molecule has 0 spiro atoms. The van der Waals surface area contributed by atoms with Gasteiger partial charge in [0.15, 0.2) is 0 Å². The van der Waals surface area contributed by atoms with Crippen LogP contribution in [0.5, 0.6) is 5.75 Å². The van der Waals surface area contributed by atoms with Gasteiger partial charge in [-0.3, -0.25) is 0 Å². The number of ether oxygens (including phenoxy) is 1. The van der Waals surface area contributed by atoms with Crippen LogP contribution in [-0.2, 0) is 0 Å². The van der Waals surface area contributed by atoms with E-state index < -0.39 is 11.8 Å². The lowest BCUT2D eigenvalue weighted by Crippen LogP contribution is -2.30. The third kappa shape index (κ3) is 5.01. The Morgan fingerprint density at radius 1 is 1.00 bits per heavy atom. The molecule has 2 aromatic rings. The molecule has 2 aliphatic rings. The fraction of sp³-hybridized carbons (Fsp3) is 0.423. The van der Waals surface area contributed by atoms with Crippen molar-refractivity contribution in [3.05, 3.63) is 76.3 Å². The molecule has 2 aliphatic carbocycles. The molecule has 31 heavy (non-hydrogen) atoms. The molecule has 2 nitrogen and oxygen atoms in total. The Labute approximate surface area is 187 Å². The fourth-order valence-corrected chi connectivity index (χ4v) is 5.46. The maximum atomic E-state index is 14.9. The first-order valence-corrected chi connectivity index (χ1v) is 11.4. The molecule has 164 valence electrons. The van der Waals surface area contributed by atoms with Gasteiger partial charge in [0.1, 0.15) is 17.4 Å². The summed E-state index contributed by atoms with van der Waals surface area (Å²) < 4.78 is 33.7. The van der Waals surface area contributed by atoms with Gasteiger partial charge in [-0.1, -0.05) is 29.8 Å². The molecule has 0 aliphatic heterocycles. The van der Waals surface area contributed by atoms with Crippen molar-refractivity contribution in [1.82, 2.24) is 0 Å². The molecule has 4 atom stereocenters. The van der Waals surface area contributed by atoms with E-state index in [-0.39, 0.29) is 28.1 Å². The number of rotatable bonds is 4. The highest BCUT2D eigenvalue weighted by Gasteiger charge is 2.36. The second-order valence-electron chi connectivity index (χ2n) is 8.83. The van der Waals surface area contributed by atoms with Crippen molar-refractivity contribution in [3.8, 4) is 5.75 Å². The summed E-state index contributed by atoms with van der Waals surface area (Å²) in [5.74, 6) is 0.536. The normalized spacial score (nSPS) is 25.9. The molecule has 5 heteroatoms. The number of hydrogen-bond donors (Lipinski definition) is 0. The first-order chi connectivity index (χ1) is 14.9. The maximum absolute atomic E-state index is 14.9. The van der Waals surface area contributed by atoms with Crippen LogP contribution >= 0.6 is 11.6 Å². The van der Waals surface area contributed by atoms with Crippen LogP contribution in [0.25, 0.3) is 0 Å². The van der Waals surface area contributed by atoms with Crippen molar-refractivity contribution < 1.29 is 18.3 Å². The number of allylic oxidation sites excluding steroid dienone is 2. The summed E-state index contributed by atoms with van der Waals surface area (Å²) in [5.41, 5.74) is 0.792. The zero-order valence-corrected chi connectivity index (χ0v) is 18.4. The first-order valence-electron chi connectivity index (χ1n) is 11.0. The number of hydrogen-bond acceptors (Lipinski definition) is 2. The van der Waals surface area contributed by atoms with Gasteiger partial charge in [0.05, 0.1) is 10.6 Å². The van der Waals surface area contributed by atoms with Crippen molar-refractivity contribution in [3.63, 3.8) is 0 Å². The lowest BCUT2D eigenvalue weighted by atomic mass is 9.64. The maximum Gasteiger partial charge on any atom is 0.343 e. The average Bonchev–Trinajstić information content (AvgIpc) is 2.76. The van der Waals surface area contributed by atoms with Crippen LogP contribution < -0.4 is 4.74 Å². The first kappa shape index (κ1) is 22.0. The van der Waals surface area contributed by atoms with E-state index in [1.54, 1.807) is 12.1 Å². The van der Waals surface area contributed by atoms with E-state index in [4.69, 9.17) is 16.3 Å². The van der Waals surface area contributed by atoms with Gasteiger partial charge in [0.25, 0.3) is 0 Å². The van der Waals surface area contributed by atoms with Gasteiger partial charge < -0.3 is 4.74 Å². The third-order valence-corrected chi connectivity index (χ3v) is 7.20. The molecule has 0 aromatic heterocycles. The second kappa shape index (κ2) is 9.52. The minimum atomic E-state index is -0.724. The van der Waals surface area contributed by atoms with E-state index in [0.717, 1.165) is 31.2 Å².